The number of unbranched alkanes of at least 4 members (excludes halogenated alkanes) is 15. The first-order valence-corrected chi connectivity index (χ1v) is 20.5. The van der Waals surface area contributed by atoms with Crippen molar-refractivity contribution in [3.63, 3.8) is 0 Å². The van der Waals surface area contributed by atoms with Crippen LogP contribution in [0.15, 0.2) is 0 Å². The molecule has 292 valence electrons. The van der Waals surface area contributed by atoms with Gasteiger partial charge in [-0.15, -0.1) is 0 Å². The van der Waals surface area contributed by atoms with Crippen molar-refractivity contribution in [1.82, 2.24) is 4.90 Å². The van der Waals surface area contributed by atoms with Crippen LogP contribution in [-0.2, 0) is 19.0 Å². The fraction of sp³-hybridized carbons (Fsp3) is 0.950. The van der Waals surface area contributed by atoms with E-state index in [4.69, 9.17) is 14.2 Å². The van der Waals surface area contributed by atoms with Gasteiger partial charge in [0.1, 0.15) is 6.10 Å². The summed E-state index contributed by atoms with van der Waals surface area (Å²) in [5, 5.41) is 30.6. The zero-order chi connectivity index (χ0) is 36.2. The van der Waals surface area contributed by atoms with Crippen molar-refractivity contribution in [3.8, 4) is 0 Å². The van der Waals surface area contributed by atoms with Crippen LogP contribution in [0.3, 0.4) is 0 Å². The molecule has 9 heteroatoms. The third kappa shape index (κ3) is 33.5. The maximum absolute atomic E-state index is 12.7. The lowest BCUT2D eigenvalue weighted by atomic mass is 10.0. The standard InChI is InChI=1S/C40H79NO8/c1-4-7-10-12-14-18-27-38(28-19-15-13-11-8-5-2)49-39(45)29-20-16-17-25-36(43)34-41(30-24-31-42)35-37(44)26-21-23-33-48-40(46)47-32-22-9-6-3/h36-38,42-44H,4-35H2,1-3H3. The summed E-state index contributed by atoms with van der Waals surface area (Å²) in [6.07, 6.45) is 24.2. The monoisotopic (exact) mass is 702 g/mol. The number of aliphatic hydroxyl groups excluding tert-OH is 3. The summed E-state index contributed by atoms with van der Waals surface area (Å²) >= 11 is 0. The lowest BCUT2D eigenvalue weighted by Gasteiger charge is -2.27. The Morgan fingerprint density at radius 3 is 1.51 bits per heavy atom. The lowest BCUT2D eigenvalue weighted by molar-refractivity contribution is -0.150. The first kappa shape index (κ1) is 47.6. The van der Waals surface area contributed by atoms with Crippen LogP contribution in [0.5, 0.6) is 0 Å². The van der Waals surface area contributed by atoms with Crippen molar-refractivity contribution in [2.45, 2.75) is 206 Å². The maximum Gasteiger partial charge on any atom is 0.508 e. The molecule has 0 heterocycles. The SMILES string of the molecule is CCCCCCCCC(CCCCCCCC)OC(=O)CCCCCC(O)CN(CCCO)CC(O)CCCCOC(=O)OCCCCC. The molecule has 0 radical (unpaired) electrons. The first-order valence-electron chi connectivity index (χ1n) is 20.5. The highest BCUT2D eigenvalue weighted by Gasteiger charge is 2.17. The number of esters is 1. The van der Waals surface area contributed by atoms with Gasteiger partial charge in [-0.05, 0) is 70.6 Å². The van der Waals surface area contributed by atoms with E-state index < -0.39 is 18.4 Å². The zero-order valence-corrected chi connectivity index (χ0v) is 32.2. The smallest absolute Gasteiger partial charge is 0.462 e. The molecule has 0 aliphatic rings. The van der Waals surface area contributed by atoms with E-state index in [2.05, 4.69) is 20.8 Å². The van der Waals surface area contributed by atoms with Gasteiger partial charge >= 0.3 is 12.1 Å². The highest BCUT2D eigenvalue weighted by atomic mass is 16.7. The molecule has 0 fully saturated rings. The van der Waals surface area contributed by atoms with Gasteiger partial charge in [0, 0.05) is 32.7 Å². The molecule has 0 spiro atoms. The van der Waals surface area contributed by atoms with Crippen LogP contribution >= 0.6 is 0 Å². The molecule has 0 aliphatic carbocycles. The Bertz CT molecular complexity index is 708. The summed E-state index contributed by atoms with van der Waals surface area (Å²) in [5.41, 5.74) is 0. The summed E-state index contributed by atoms with van der Waals surface area (Å²) in [4.78, 5) is 26.3. The van der Waals surface area contributed by atoms with Crippen LogP contribution in [0.4, 0.5) is 4.79 Å². The molecule has 0 aromatic rings. The number of hydrogen-bond acceptors (Lipinski definition) is 9. The van der Waals surface area contributed by atoms with E-state index in [-0.39, 0.29) is 25.3 Å². The molecule has 0 bridgehead atoms. The lowest BCUT2D eigenvalue weighted by Crippen LogP contribution is -2.39. The van der Waals surface area contributed by atoms with Crippen LogP contribution < -0.4 is 0 Å². The molecule has 0 aromatic heterocycles. The molecule has 9 nitrogen and oxygen atoms in total. The van der Waals surface area contributed by atoms with Gasteiger partial charge in [-0.25, -0.2) is 4.79 Å². The minimum Gasteiger partial charge on any atom is -0.462 e. The van der Waals surface area contributed by atoms with Crippen LogP contribution in [0.25, 0.3) is 0 Å². The number of hydrogen-bond donors (Lipinski definition) is 3. The number of carbonyl (C=O) groups excluding carboxylic acids is 2. The van der Waals surface area contributed by atoms with Gasteiger partial charge in [0.15, 0.2) is 0 Å². The summed E-state index contributed by atoms with van der Waals surface area (Å²) < 4.78 is 16.1. The quantitative estimate of drug-likeness (QED) is 0.0429. The zero-order valence-electron chi connectivity index (χ0n) is 32.2. The van der Waals surface area contributed by atoms with Crippen molar-refractivity contribution >= 4 is 12.1 Å². The van der Waals surface area contributed by atoms with Crippen molar-refractivity contribution < 1.29 is 39.1 Å². The highest BCUT2D eigenvalue weighted by molar-refractivity contribution is 5.69. The molecule has 0 aliphatic heterocycles. The molecule has 2 unspecified atom stereocenters. The number of carbonyl (C=O) groups is 2. The van der Waals surface area contributed by atoms with Crippen LogP contribution in [-0.4, -0.2) is 90.1 Å². The van der Waals surface area contributed by atoms with Crippen molar-refractivity contribution in [1.29, 1.82) is 0 Å². The van der Waals surface area contributed by atoms with Gasteiger partial charge in [-0.2, -0.15) is 0 Å². The summed E-state index contributed by atoms with van der Waals surface area (Å²) in [6, 6.07) is 0. The van der Waals surface area contributed by atoms with Gasteiger partial charge in [0.25, 0.3) is 0 Å². The number of rotatable bonds is 37. The van der Waals surface area contributed by atoms with Crippen molar-refractivity contribution in [2.75, 3.05) is 39.5 Å². The summed E-state index contributed by atoms with van der Waals surface area (Å²) in [5.74, 6) is -0.0828. The maximum atomic E-state index is 12.7. The Kier molecular flexibility index (Phi) is 35.3. The van der Waals surface area contributed by atoms with E-state index in [0.717, 1.165) is 64.2 Å². The second-order valence-electron chi connectivity index (χ2n) is 14.1. The Balaban J connectivity index is 4.32. The van der Waals surface area contributed by atoms with Crippen LogP contribution in [0.1, 0.15) is 188 Å². The highest BCUT2D eigenvalue weighted by Crippen LogP contribution is 2.18. The van der Waals surface area contributed by atoms with E-state index in [1.807, 2.05) is 4.90 Å². The molecule has 0 rings (SSSR count). The van der Waals surface area contributed by atoms with E-state index in [1.54, 1.807) is 0 Å². The van der Waals surface area contributed by atoms with E-state index in [0.29, 0.717) is 64.8 Å². The molecule has 0 saturated heterocycles. The first-order chi connectivity index (χ1) is 23.9. The third-order valence-corrected chi connectivity index (χ3v) is 9.17. The van der Waals surface area contributed by atoms with Gasteiger partial charge in [-0.1, -0.05) is 111 Å². The van der Waals surface area contributed by atoms with Crippen molar-refractivity contribution in [3.05, 3.63) is 0 Å². The van der Waals surface area contributed by atoms with Gasteiger partial charge in [0.2, 0.25) is 0 Å². The summed E-state index contributed by atoms with van der Waals surface area (Å²) in [7, 11) is 0. The van der Waals surface area contributed by atoms with E-state index in [9.17, 15) is 24.9 Å². The predicted molar refractivity (Wildman–Crippen MR) is 200 cm³/mol. The molecule has 3 N–H and O–H groups in total. The fourth-order valence-corrected chi connectivity index (χ4v) is 6.15. The molecule has 49 heavy (non-hydrogen) atoms. The van der Waals surface area contributed by atoms with Crippen LogP contribution in [0, 0.1) is 0 Å². The summed E-state index contributed by atoms with van der Waals surface area (Å²) in [6.45, 7) is 8.73. The molecular weight excluding hydrogens is 622 g/mol. The normalized spacial score (nSPS) is 12.8. The minimum atomic E-state index is -0.632. The molecular formula is C40H79NO8. The predicted octanol–water partition coefficient (Wildman–Crippen LogP) is 9.27. The average molecular weight is 702 g/mol. The second-order valence-corrected chi connectivity index (χ2v) is 14.1. The third-order valence-electron chi connectivity index (χ3n) is 9.17. The largest absolute Gasteiger partial charge is 0.508 e. The number of aliphatic hydroxyl groups is 3. The van der Waals surface area contributed by atoms with Crippen molar-refractivity contribution in [2.24, 2.45) is 0 Å². The topological polar surface area (TPSA) is 126 Å². The van der Waals surface area contributed by atoms with Gasteiger partial charge in [0.05, 0.1) is 25.4 Å². The number of nitrogens with zero attached hydrogens (tertiary/aromatic N) is 1. The second kappa shape index (κ2) is 36.4. The molecule has 0 aromatic carbocycles. The van der Waals surface area contributed by atoms with E-state index in [1.165, 1.54) is 64.2 Å². The Morgan fingerprint density at radius 2 is 0.980 bits per heavy atom. The van der Waals surface area contributed by atoms with Gasteiger partial charge in [-0.3, -0.25) is 9.69 Å². The molecule has 0 amide bonds. The van der Waals surface area contributed by atoms with Gasteiger partial charge < -0.3 is 29.5 Å². The Hall–Kier alpha value is -1.42. The molecule has 0 saturated carbocycles. The fourth-order valence-electron chi connectivity index (χ4n) is 6.15. The van der Waals surface area contributed by atoms with Crippen LogP contribution in [0.2, 0.25) is 0 Å². The Morgan fingerprint density at radius 1 is 0.551 bits per heavy atom. The number of ether oxygens (including phenoxy) is 3. The van der Waals surface area contributed by atoms with E-state index >= 15 is 0 Å². The molecule has 2 atom stereocenters. The Labute approximate surface area is 301 Å². The average Bonchev–Trinajstić information content (AvgIpc) is 3.08. The minimum absolute atomic E-state index is 0.0455.